The molecule has 1 aromatic rings. The Morgan fingerprint density at radius 2 is 2.20 bits per heavy atom. The standard InChI is InChI=1S/C11H13NO3/c1-15-11(14)10(8-13)12-7-9-5-3-2-4-6-9/h2-7,10,13H,8H2,1H3. The van der Waals surface area contributed by atoms with Crippen LogP contribution in [0.15, 0.2) is 35.3 Å². The minimum absolute atomic E-state index is 0.351. The van der Waals surface area contributed by atoms with E-state index in [1.165, 1.54) is 13.3 Å². The second-order valence-corrected chi connectivity index (χ2v) is 2.91. The third-order valence-electron chi connectivity index (χ3n) is 1.85. The van der Waals surface area contributed by atoms with Gasteiger partial charge in [-0.25, -0.2) is 4.79 Å². The molecule has 1 aromatic carbocycles. The van der Waals surface area contributed by atoms with Crippen molar-refractivity contribution in [3.8, 4) is 0 Å². The maximum Gasteiger partial charge on any atom is 0.332 e. The summed E-state index contributed by atoms with van der Waals surface area (Å²) < 4.78 is 4.48. The number of aliphatic imine (C=N–C) groups is 1. The van der Waals surface area contributed by atoms with Gasteiger partial charge in [-0.2, -0.15) is 0 Å². The molecule has 0 aromatic heterocycles. The Morgan fingerprint density at radius 3 is 2.73 bits per heavy atom. The quantitative estimate of drug-likeness (QED) is 0.582. The fourth-order valence-electron chi connectivity index (χ4n) is 1.03. The van der Waals surface area contributed by atoms with Gasteiger partial charge in [-0.3, -0.25) is 4.99 Å². The second kappa shape index (κ2) is 5.93. The number of hydrogen-bond donors (Lipinski definition) is 1. The van der Waals surface area contributed by atoms with Gasteiger partial charge < -0.3 is 9.84 Å². The molecule has 4 heteroatoms. The number of carbonyl (C=O) groups is 1. The summed E-state index contributed by atoms with van der Waals surface area (Å²) in [6.45, 7) is -0.351. The van der Waals surface area contributed by atoms with E-state index in [9.17, 15) is 4.79 Å². The van der Waals surface area contributed by atoms with Crippen LogP contribution in [-0.2, 0) is 9.53 Å². The summed E-state index contributed by atoms with van der Waals surface area (Å²) in [5.74, 6) is -0.537. The molecule has 0 aliphatic carbocycles. The number of rotatable bonds is 4. The molecule has 1 rings (SSSR count). The molecule has 0 bridgehead atoms. The van der Waals surface area contributed by atoms with Gasteiger partial charge in [0.1, 0.15) is 0 Å². The van der Waals surface area contributed by atoms with Crippen molar-refractivity contribution in [1.82, 2.24) is 0 Å². The molecule has 0 fully saturated rings. The molecule has 1 N–H and O–H groups in total. The van der Waals surface area contributed by atoms with Gasteiger partial charge in [-0.1, -0.05) is 30.3 Å². The highest BCUT2D eigenvalue weighted by atomic mass is 16.5. The van der Waals surface area contributed by atoms with Crippen LogP contribution in [0.3, 0.4) is 0 Å². The van der Waals surface area contributed by atoms with Gasteiger partial charge in [0.05, 0.1) is 13.7 Å². The average molecular weight is 207 g/mol. The molecule has 1 atom stereocenters. The average Bonchev–Trinajstić information content (AvgIpc) is 2.31. The molecule has 0 aliphatic heterocycles. The molecule has 0 aliphatic rings. The predicted molar refractivity (Wildman–Crippen MR) is 56.9 cm³/mol. The molecule has 0 amide bonds. The van der Waals surface area contributed by atoms with E-state index < -0.39 is 12.0 Å². The molecule has 0 heterocycles. The Labute approximate surface area is 88.2 Å². The highest BCUT2D eigenvalue weighted by Gasteiger charge is 2.15. The number of ether oxygens (including phenoxy) is 1. The summed E-state index contributed by atoms with van der Waals surface area (Å²) in [5, 5.41) is 8.89. The first kappa shape index (κ1) is 11.4. The Balaban J connectivity index is 2.67. The number of aliphatic hydroxyl groups is 1. The van der Waals surface area contributed by atoms with Crippen molar-refractivity contribution in [3.63, 3.8) is 0 Å². The zero-order valence-corrected chi connectivity index (χ0v) is 8.46. The normalized spacial score (nSPS) is 12.7. The fraction of sp³-hybridized carbons (Fsp3) is 0.273. The van der Waals surface area contributed by atoms with E-state index in [4.69, 9.17) is 5.11 Å². The van der Waals surface area contributed by atoms with E-state index in [-0.39, 0.29) is 6.61 Å². The lowest BCUT2D eigenvalue weighted by molar-refractivity contribution is -0.142. The van der Waals surface area contributed by atoms with Crippen molar-refractivity contribution >= 4 is 12.2 Å². The lowest BCUT2D eigenvalue weighted by atomic mass is 10.2. The van der Waals surface area contributed by atoms with Gasteiger partial charge in [-0.15, -0.1) is 0 Å². The number of aliphatic hydroxyl groups excluding tert-OH is 1. The van der Waals surface area contributed by atoms with Crippen molar-refractivity contribution in [2.24, 2.45) is 4.99 Å². The minimum atomic E-state index is -0.838. The summed E-state index contributed by atoms with van der Waals surface area (Å²) >= 11 is 0. The Morgan fingerprint density at radius 1 is 1.53 bits per heavy atom. The first-order valence-electron chi connectivity index (χ1n) is 4.55. The molecule has 0 spiro atoms. The van der Waals surface area contributed by atoms with Crippen LogP contribution in [0.25, 0.3) is 0 Å². The van der Waals surface area contributed by atoms with Crippen molar-refractivity contribution in [2.45, 2.75) is 6.04 Å². The van der Waals surface area contributed by atoms with Crippen LogP contribution >= 0.6 is 0 Å². The lowest BCUT2D eigenvalue weighted by Gasteiger charge is -2.05. The van der Waals surface area contributed by atoms with Gasteiger partial charge in [-0.05, 0) is 5.56 Å². The van der Waals surface area contributed by atoms with Gasteiger partial charge in [0.2, 0.25) is 0 Å². The summed E-state index contributed by atoms with van der Waals surface area (Å²) in [6, 6.07) is 8.50. The second-order valence-electron chi connectivity index (χ2n) is 2.91. The topological polar surface area (TPSA) is 58.9 Å². The van der Waals surface area contributed by atoms with Crippen LogP contribution in [0.2, 0.25) is 0 Å². The number of esters is 1. The fourth-order valence-corrected chi connectivity index (χ4v) is 1.03. The van der Waals surface area contributed by atoms with E-state index in [1.54, 1.807) is 0 Å². The molecule has 4 nitrogen and oxygen atoms in total. The van der Waals surface area contributed by atoms with Crippen LogP contribution in [-0.4, -0.2) is 37.0 Å². The highest BCUT2D eigenvalue weighted by Crippen LogP contribution is 1.97. The van der Waals surface area contributed by atoms with Crippen LogP contribution in [0, 0.1) is 0 Å². The van der Waals surface area contributed by atoms with Crippen molar-refractivity contribution in [1.29, 1.82) is 0 Å². The zero-order chi connectivity index (χ0) is 11.1. The summed E-state index contributed by atoms with van der Waals surface area (Å²) in [5.41, 5.74) is 0.875. The Hall–Kier alpha value is -1.68. The van der Waals surface area contributed by atoms with E-state index in [0.29, 0.717) is 0 Å². The van der Waals surface area contributed by atoms with E-state index >= 15 is 0 Å². The SMILES string of the molecule is COC(=O)C(CO)N=Cc1ccccc1. The van der Waals surface area contributed by atoms with Gasteiger partial charge in [0.25, 0.3) is 0 Å². The summed E-state index contributed by atoms with van der Waals surface area (Å²) in [7, 11) is 1.27. The maximum absolute atomic E-state index is 11.1. The molecule has 15 heavy (non-hydrogen) atoms. The first-order valence-corrected chi connectivity index (χ1v) is 4.55. The Kier molecular flexibility index (Phi) is 4.50. The van der Waals surface area contributed by atoms with Gasteiger partial charge >= 0.3 is 5.97 Å². The monoisotopic (exact) mass is 207 g/mol. The zero-order valence-electron chi connectivity index (χ0n) is 8.46. The molecular weight excluding hydrogens is 194 g/mol. The van der Waals surface area contributed by atoms with Crippen LogP contribution in [0.5, 0.6) is 0 Å². The van der Waals surface area contributed by atoms with E-state index in [1.807, 2.05) is 30.3 Å². The van der Waals surface area contributed by atoms with Crippen molar-refractivity contribution in [2.75, 3.05) is 13.7 Å². The maximum atomic E-state index is 11.1. The summed E-state index contributed by atoms with van der Waals surface area (Å²) in [6.07, 6.45) is 1.54. The third kappa shape index (κ3) is 3.52. The third-order valence-corrected chi connectivity index (χ3v) is 1.85. The van der Waals surface area contributed by atoms with Crippen LogP contribution < -0.4 is 0 Å². The minimum Gasteiger partial charge on any atom is -0.467 e. The number of nitrogens with zero attached hydrogens (tertiary/aromatic N) is 1. The molecule has 1 unspecified atom stereocenters. The Bertz CT molecular complexity index is 335. The van der Waals surface area contributed by atoms with E-state index in [0.717, 1.165) is 5.56 Å². The molecule has 0 saturated heterocycles. The van der Waals surface area contributed by atoms with Crippen molar-refractivity contribution in [3.05, 3.63) is 35.9 Å². The molecule has 0 radical (unpaired) electrons. The first-order chi connectivity index (χ1) is 7.27. The van der Waals surface area contributed by atoms with E-state index in [2.05, 4.69) is 9.73 Å². The summed E-state index contributed by atoms with van der Waals surface area (Å²) in [4.78, 5) is 15.0. The number of benzene rings is 1. The number of carbonyl (C=O) groups excluding carboxylic acids is 1. The molecule has 0 saturated carbocycles. The van der Waals surface area contributed by atoms with Crippen molar-refractivity contribution < 1.29 is 14.6 Å². The molecular formula is C11H13NO3. The number of hydrogen-bond acceptors (Lipinski definition) is 4. The number of methoxy groups -OCH3 is 1. The molecule has 80 valence electrons. The largest absolute Gasteiger partial charge is 0.467 e. The predicted octanol–water partition coefficient (Wildman–Crippen LogP) is 0.639. The van der Waals surface area contributed by atoms with Gasteiger partial charge in [0, 0.05) is 6.21 Å². The highest BCUT2D eigenvalue weighted by molar-refractivity contribution is 5.83. The van der Waals surface area contributed by atoms with Gasteiger partial charge in [0.15, 0.2) is 6.04 Å². The van der Waals surface area contributed by atoms with Crippen LogP contribution in [0.1, 0.15) is 5.56 Å². The smallest absolute Gasteiger partial charge is 0.332 e. The van der Waals surface area contributed by atoms with Crippen LogP contribution in [0.4, 0.5) is 0 Å². The lowest BCUT2D eigenvalue weighted by Crippen LogP contribution is -2.24.